The van der Waals surface area contributed by atoms with Crippen LogP contribution in [0.5, 0.6) is 0 Å². The number of likely N-dealkylation sites (tertiary alicyclic amines) is 1. The second-order valence-electron chi connectivity index (χ2n) is 5.71. The van der Waals surface area contributed by atoms with E-state index < -0.39 is 0 Å². The Bertz CT molecular complexity index is 426. The molecule has 1 fully saturated rings. The summed E-state index contributed by atoms with van der Waals surface area (Å²) in [5.74, 6) is 0.275. The second kappa shape index (κ2) is 5.17. The molecule has 3 nitrogen and oxygen atoms in total. The minimum Gasteiger partial charge on any atom is -0.362 e. The van der Waals surface area contributed by atoms with Crippen LogP contribution >= 0.6 is 0 Å². The van der Waals surface area contributed by atoms with Gasteiger partial charge in [0.1, 0.15) is 0 Å². The quantitative estimate of drug-likeness (QED) is 0.858. The first-order chi connectivity index (χ1) is 8.49. The van der Waals surface area contributed by atoms with Crippen LogP contribution in [0.3, 0.4) is 0 Å². The van der Waals surface area contributed by atoms with Gasteiger partial charge in [0.25, 0.3) is 0 Å². The molecule has 0 bridgehead atoms. The summed E-state index contributed by atoms with van der Waals surface area (Å²) in [5, 5.41) is 0. The number of nitrogens with zero attached hydrogens (tertiary/aromatic N) is 1. The number of rotatable bonds is 2. The molecule has 0 spiro atoms. The highest BCUT2D eigenvalue weighted by Crippen LogP contribution is 2.24. The van der Waals surface area contributed by atoms with Crippen LogP contribution in [-0.4, -0.2) is 27.9 Å². The van der Waals surface area contributed by atoms with Crippen LogP contribution < -0.4 is 0 Å². The number of nitrogens with one attached hydrogen (secondary N) is 1. The maximum Gasteiger partial charge on any atom is 0.227 e. The molecule has 0 aromatic carbocycles. The summed E-state index contributed by atoms with van der Waals surface area (Å²) >= 11 is 0. The zero-order valence-electron chi connectivity index (χ0n) is 11.9. The van der Waals surface area contributed by atoms with Crippen LogP contribution in [0.15, 0.2) is 6.07 Å². The van der Waals surface area contributed by atoms with E-state index in [0.717, 1.165) is 29.8 Å². The van der Waals surface area contributed by atoms with E-state index in [1.54, 1.807) is 0 Å². The van der Waals surface area contributed by atoms with Crippen molar-refractivity contribution in [1.29, 1.82) is 0 Å². The maximum absolute atomic E-state index is 12.5. The molecule has 100 valence electrons. The van der Waals surface area contributed by atoms with Gasteiger partial charge >= 0.3 is 0 Å². The molecule has 3 heteroatoms. The number of carbonyl (C=O) groups excluding carboxylic acids is 1. The third-order valence-electron chi connectivity index (χ3n) is 4.08. The summed E-state index contributed by atoms with van der Waals surface area (Å²) in [4.78, 5) is 17.8. The van der Waals surface area contributed by atoms with Gasteiger partial charge in [-0.2, -0.15) is 0 Å². The Hall–Kier alpha value is -1.25. The van der Waals surface area contributed by atoms with Gasteiger partial charge in [0.2, 0.25) is 5.91 Å². The number of amides is 1. The van der Waals surface area contributed by atoms with E-state index in [0.29, 0.717) is 18.5 Å². The minimum atomic E-state index is 0.275. The van der Waals surface area contributed by atoms with Crippen LogP contribution in [0.1, 0.15) is 50.1 Å². The van der Waals surface area contributed by atoms with Crippen molar-refractivity contribution in [3.05, 3.63) is 23.0 Å². The lowest BCUT2D eigenvalue weighted by atomic mass is 9.96. The van der Waals surface area contributed by atoms with Gasteiger partial charge in [-0.1, -0.05) is 0 Å². The SMILES string of the molecule is Cc1cc(CC(=O)N2C(C)CCCC2C)c(C)[nH]1. The average molecular weight is 248 g/mol. The van der Waals surface area contributed by atoms with Crippen molar-refractivity contribution >= 4 is 5.91 Å². The van der Waals surface area contributed by atoms with Gasteiger partial charge in [-0.05, 0) is 58.6 Å². The number of carbonyl (C=O) groups is 1. The zero-order valence-corrected chi connectivity index (χ0v) is 11.9. The second-order valence-corrected chi connectivity index (χ2v) is 5.71. The smallest absolute Gasteiger partial charge is 0.227 e. The van der Waals surface area contributed by atoms with Crippen molar-refractivity contribution in [3.63, 3.8) is 0 Å². The summed E-state index contributed by atoms with van der Waals surface area (Å²) in [6, 6.07) is 2.87. The monoisotopic (exact) mass is 248 g/mol. The first-order valence-corrected chi connectivity index (χ1v) is 6.95. The summed E-state index contributed by atoms with van der Waals surface area (Å²) in [6.45, 7) is 8.41. The van der Waals surface area contributed by atoms with Crippen molar-refractivity contribution in [2.45, 2.75) is 65.5 Å². The summed E-state index contributed by atoms with van der Waals surface area (Å²) in [7, 11) is 0. The third kappa shape index (κ3) is 2.60. The van der Waals surface area contributed by atoms with E-state index >= 15 is 0 Å². The molecule has 1 aliphatic rings. The molecule has 1 N–H and O–H groups in total. The molecule has 1 aromatic rings. The molecule has 0 saturated carbocycles. The Balaban J connectivity index is 2.09. The molecule has 1 aliphatic heterocycles. The van der Waals surface area contributed by atoms with Crippen molar-refractivity contribution in [2.75, 3.05) is 0 Å². The standard InChI is InChI=1S/C15H24N2O/c1-10-8-14(13(4)16-10)9-15(18)17-11(2)6-5-7-12(17)3/h8,11-12,16H,5-7,9H2,1-4H3. The molecule has 0 aliphatic carbocycles. The third-order valence-corrected chi connectivity index (χ3v) is 4.08. The number of aromatic amines is 1. The largest absolute Gasteiger partial charge is 0.362 e. The average Bonchev–Trinajstić information content (AvgIpc) is 2.57. The fraction of sp³-hybridized carbons (Fsp3) is 0.667. The van der Waals surface area contributed by atoms with Gasteiger partial charge in [0.05, 0.1) is 6.42 Å². The minimum absolute atomic E-state index is 0.275. The zero-order chi connectivity index (χ0) is 13.3. The Morgan fingerprint density at radius 1 is 1.33 bits per heavy atom. The number of H-pyrrole nitrogens is 1. The molecule has 2 heterocycles. The van der Waals surface area contributed by atoms with E-state index in [4.69, 9.17) is 0 Å². The first kappa shape index (κ1) is 13.2. The summed E-state index contributed by atoms with van der Waals surface area (Å²) in [5.41, 5.74) is 3.40. The summed E-state index contributed by atoms with van der Waals surface area (Å²) in [6.07, 6.45) is 4.06. The Kier molecular flexibility index (Phi) is 3.79. The first-order valence-electron chi connectivity index (χ1n) is 6.95. The molecular weight excluding hydrogens is 224 g/mol. The molecule has 2 rings (SSSR count). The van der Waals surface area contributed by atoms with E-state index in [9.17, 15) is 4.79 Å². The van der Waals surface area contributed by atoms with Crippen molar-refractivity contribution in [3.8, 4) is 0 Å². The maximum atomic E-state index is 12.5. The molecule has 1 aromatic heterocycles. The number of piperidine rings is 1. The van der Waals surface area contributed by atoms with Crippen molar-refractivity contribution in [2.24, 2.45) is 0 Å². The van der Waals surface area contributed by atoms with E-state index in [2.05, 4.69) is 29.8 Å². The predicted octanol–water partition coefficient (Wildman–Crippen LogP) is 2.96. The topological polar surface area (TPSA) is 36.1 Å². The van der Waals surface area contributed by atoms with Crippen molar-refractivity contribution < 1.29 is 4.79 Å². The van der Waals surface area contributed by atoms with Crippen LogP contribution in [0.25, 0.3) is 0 Å². The molecule has 18 heavy (non-hydrogen) atoms. The van der Waals surface area contributed by atoms with Gasteiger partial charge in [0.15, 0.2) is 0 Å². The molecule has 2 atom stereocenters. The highest BCUT2D eigenvalue weighted by Gasteiger charge is 2.28. The van der Waals surface area contributed by atoms with E-state index in [-0.39, 0.29) is 5.91 Å². The van der Waals surface area contributed by atoms with Crippen LogP contribution in [0.4, 0.5) is 0 Å². The van der Waals surface area contributed by atoms with Crippen LogP contribution in [0.2, 0.25) is 0 Å². The Labute approximate surface area is 110 Å². The lowest BCUT2D eigenvalue weighted by Crippen LogP contribution is -2.48. The highest BCUT2D eigenvalue weighted by atomic mass is 16.2. The normalized spacial score (nSPS) is 24.3. The summed E-state index contributed by atoms with van der Waals surface area (Å²) < 4.78 is 0. The van der Waals surface area contributed by atoms with E-state index in [1.165, 1.54) is 6.42 Å². The Morgan fingerprint density at radius 3 is 2.44 bits per heavy atom. The van der Waals surface area contributed by atoms with Gasteiger partial charge in [-0.3, -0.25) is 4.79 Å². The molecule has 1 amide bonds. The van der Waals surface area contributed by atoms with Crippen LogP contribution in [0, 0.1) is 13.8 Å². The fourth-order valence-electron chi connectivity index (χ4n) is 3.13. The molecule has 2 unspecified atom stereocenters. The van der Waals surface area contributed by atoms with Gasteiger partial charge in [-0.15, -0.1) is 0 Å². The Morgan fingerprint density at radius 2 is 1.94 bits per heavy atom. The molecular formula is C15H24N2O. The fourth-order valence-corrected chi connectivity index (χ4v) is 3.13. The van der Waals surface area contributed by atoms with Gasteiger partial charge in [0, 0.05) is 23.5 Å². The molecule has 1 saturated heterocycles. The number of hydrogen-bond donors (Lipinski definition) is 1. The van der Waals surface area contributed by atoms with Crippen LogP contribution in [-0.2, 0) is 11.2 Å². The lowest BCUT2D eigenvalue weighted by molar-refractivity contribution is -0.136. The number of hydrogen-bond acceptors (Lipinski definition) is 1. The van der Waals surface area contributed by atoms with Gasteiger partial charge in [-0.25, -0.2) is 0 Å². The molecule has 0 radical (unpaired) electrons. The van der Waals surface area contributed by atoms with Gasteiger partial charge < -0.3 is 9.88 Å². The lowest BCUT2D eigenvalue weighted by Gasteiger charge is -2.39. The number of aromatic nitrogens is 1. The predicted molar refractivity (Wildman–Crippen MR) is 73.6 cm³/mol. The number of aryl methyl sites for hydroxylation is 2. The van der Waals surface area contributed by atoms with E-state index in [1.807, 2.05) is 13.8 Å². The highest BCUT2D eigenvalue weighted by molar-refractivity contribution is 5.79. The van der Waals surface area contributed by atoms with Crippen molar-refractivity contribution in [1.82, 2.24) is 9.88 Å².